The first-order valence-electron chi connectivity index (χ1n) is 5.76. The van der Waals surface area contributed by atoms with Crippen molar-refractivity contribution in [2.24, 2.45) is 5.84 Å². The molecule has 0 unspecified atom stereocenters. The van der Waals surface area contributed by atoms with Gasteiger partial charge in [-0.05, 0) is 12.8 Å². The molecule has 0 atom stereocenters. The molecular weight excluding hydrogens is 204 g/mol. The van der Waals surface area contributed by atoms with Crippen LogP contribution in [0.25, 0.3) is 0 Å². The average Bonchev–Trinajstić information content (AvgIpc) is 2.31. The number of anilines is 1. The van der Waals surface area contributed by atoms with E-state index in [-0.39, 0.29) is 0 Å². The SMILES string of the molecule is CCCCOc1ncnc(NN)c1CCC. The Balaban J connectivity index is 2.79. The molecule has 0 saturated carbocycles. The maximum atomic E-state index is 5.63. The lowest BCUT2D eigenvalue weighted by atomic mass is 10.2. The third-order valence-corrected chi connectivity index (χ3v) is 2.28. The van der Waals surface area contributed by atoms with Crippen molar-refractivity contribution in [2.75, 3.05) is 12.0 Å². The van der Waals surface area contributed by atoms with Gasteiger partial charge >= 0.3 is 0 Å². The number of nitrogen functional groups attached to an aromatic ring is 1. The second-order valence-corrected chi connectivity index (χ2v) is 3.60. The van der Waals surface area contributed by atoms with Crippen molar-refractivity contribution in [3.8, 4) is 5.88 Å². The van der Waals surface area contributed by atoms with E-state index in [0.717, 1.165) is 31.2 Å². The van der Waals surface area contributed by atoms with E-state index in [2.05, 4.69) is 29.2 Å². The van der Waals surface area contributed by atoms with Crippen LogP contribution in [-0.2, 0) is 6.42 Å². The van der Waals surface area contributed by atoms with Crippen molar-refractivity contribution in [3.63, 3.8) is 0 Å². The van der Waals surface area contributed by atoms with Crippen LogP contribution in [0.5, 0.6) is 5.88 Å². The summed E-state index contributed by atoms with van der Waals surface area (Å²) in [6, 6.07) is 0. The van der Waals surface area contributed by atoms with Crippen LogP contribution >= 0.6 is 0 Å². The first-order chi connectivity index (χ1) is 7.83. The van der Waals surface area contributed by atoms with Crippen molar-refractivity contribution in [1.82, 2.24) is 9.97 Å². The smallest absolute Gasteiger partial charge is 0.221 e. The van der Waals surface area contributed by atoms with E-state index in [1.165, 1.54) is 6.33 Å². The fourth-order valence-electron chi connectivity index (χ4n) is 1.43. The third-order valence-electron chi connectivity index (χ3n) is 2.28. The molecule has 90 valence electrons. The molecule has 1 aromatic rings. The summed E-state index contributed by atoms with van der Waals surface area (Å²) in [4.78, 5) is 8.23. The maximum Gasteiger partial charge on any atom is 0.221 e. The third kappa shape index (κ3) is 3.34. The van der Waals surface area contributed by atoms with Gasteiger partial charge in [0.1, 0.15) is 12.1 Å². The summed E-state index contributed by atoms with van der Waals surface area (Å²) >= 11 is 0. The lowest BCUT2D eigenvalue weighted by Gasteiger charge is -2.12. The average molecular weight is 224 g/mol. The molecule has 0 aliphatic rings. The molecule has 0 saturated heterocycles. The van der Waals surface area contributed by atoms with Gasteiger partial charge in [-0.15, -0.1) is 0 Å². The number of unbranched alkanes of at least 4 members (excludes halogenated alkanes) is 1. The molecule has 3 N–H and O–H groups in total. The quantitative estimate of drug-likeness (QED) is 0.420. The summed E-state index contributed by atoms with van der Waals surface area (Å²) in [5.74, 6) is 6.72. The molecule has 0 aliphatic carbocycles. The number of ether oxygens (including phenoxy) is 1. The van der Waals surface area contributed by atoms with Gasteiger partial charge in [0.2, 0.25) is 5.88 Å². The second kappa shape index (κ2) is 7.00. The molecule has 1 aromatic heterocycles. The Bertz CT molecular complexity index is 317. The fraction of sp³-hybridized carbons (Fsp3) is 0.636. The summed E-state index contributed by atoms with van der Waals surface area (Å²) in [6.45, 7) is 4.92. The molecule has 0 amide bonds. The van der Waals surface area contributed by atoms with E-state index in [0.29, 0.717) is 18.3 Å². The standard InChI is InChI=1S/C11H20N4O/c1-3-5-7-16-11-9(6-4-2)10(15-12)13-8-14-11/h8H,3-7,12H2,1-2H3,(H,13,14,15). The fourth-order valence-corrected chi connectivity index (χ4v) is 1.43. The van der Waals surface area contributed by atoms with Crippen LogP contribution in [0, 0.1) is 0 Å². The number of aromatic nitrogens is 2. The van der Waals surface area contributed by atoms with Crippen LogP contribution in [-0.4, -0.2) is 16.6 Å². The number of nitrogens with two attached hydrogens (primary N) is 1. The van der Waals surface area contributed by atoms with Gasteiger partial charge in [-0.25, -0.2) is 15.8 Å². The largest absolute Gasteiger partial charge is 0.477 e. The minimum Gasteiger partial charge on any atom is -0.477 e. The number of hydrogen-bond acceptors (Lipinski definition) is 5. The van der Waals surface area contributed by atoms with E-state index in [1.54, 1.807) is 0 Å². The Labute approximate surface area is 96.4 Å². The highest BCUT2D eigenvalue weighted by molar-refractivity contribution is 5.47. The highest BCUT2D eigenvalue weighted by atomic mass is 16.5. The Hall–Kier alpha value is -1.36. The topological polar surface area (TPSA) is 73.1 Å². The summed E-state index contributed by atoms with van der Waals surface area (Å²) in [7, 11) is 0. The lowest BCUT2D eigenvalue weighted by Crippen LogP contribution is -2.13. The molecule has 1 rings (SSSR count). The van der Waals surface area contributed by atoms with Crippen LogP contribution in [0.1, 0.15) is 38.7 Å². The van der Waals surface area contributed by atoms with Crippen molar-refractivity contribution >= 4 is 5.82 Å². The molecule has 0 fully saturated rings. The summed E-state index contributed by atoms with van der Waals surface area (Å²) in [6.07, 6.45) is 5.47. The molecule has 16 heavy (non-hydrogen) atoms. The predicted octanol–water partition coefficient (Wildman–Crippen LogP) is 1.89. The van der Waals surface area contributed by atoms with Gasteiger partial charge in [-0.1, -0.05) is 26.7 Å². The van der Waals surface area contributed by atoms with Crippen LogP contribution < -0.4 is 16.0 Å². The number of hydrogen-bond donors (Lipinski definition) is 2. The lowest BCUT2D eigenvalue weighted by molar-refractivity contribution is 0.294. The van der Waals surface area contributed by atoms with Gasteiger partial charge < -0.3 is 10.2 Å². The number of nitrogens with one attached hydrogen (secondary N) is 1. The Morgan fingerprint density at radius 3 is 2.75 bits per heavy atom. The number of rotatable bonds is 7. The van der Waals surface area contributed by atoms with Crippen molar-refractivity contribution in [1.29, 1.82) is 0 Å². The summed E-state index contributed by atoms with van der Waals surface area (Å²) < 4.78 is 5.63. The maximum absolute atomic E-state index is 5.63. The summed E-state index contributed by atoms with van der Waals surface area (Å²) in [5.41, 5.74) is 3.54. The Morgan fingerprint density at radius 1 is 1.31 bits per heavy atom. The molecule has 0 aromatic carbocycles. The van der Waals surface area contributed by atoms with E-state index >= 15 is 0 Å². The minimum absolute atomic E-state index is 0.651. The van der Waals surface area contributed by atoms with Crippen molar-refractivity contribution < 1.29 is 4.74 Å². The van der Waals surface area contributed by atoms with Crippen LogP contribution in [0.15, 0.2) is 6.33 Å². The van der Waals surface area contributed by atoms with Crippen molar-refractivity contribution in [3.05, 3.63) is 11.9 Å². The molecule has 5 heteroatoms. The molecule has 0 radical (unpaired) electrons. The van der Waals surface area contributed by atoms with E-state index < -0.39 is 0 Å². The molecule has 5 nitrogen and oxygen atoms in total. The molecule has 0 aliphatic heterocycles. The normalized spacial score (nSPS) is 10.2. The highest BCUT2D eigenvalue weighted by Crippen LogP contribution is 2.22. The van der Waals surface area contributed by atoms with Gasteiger partial charge in [0, 0.05) is 0 Å². The minimum atomic E-state index is 0.651. The van der Waals surface area contributed by atoms with Crippen LogP contribution in [0.2, 0.25) is 0 Å². The monoisotopic (exact) mass is 224 g/mol. The van der Waals surface area contributed by atoms with E-state index in [1.807, 2.05) is 0 Å². The first kappa shape index (κ1) is 12.7. The number of nitrogens with zero attached hydrogens (tertiary/aromatic N) is 2. The van der Waals surface area contributed by atoms with E-state index in [4.69, 9.17) is 10.6 Å². The van der Waals surface area contributed by atoms with Gasteiger partial charge in [0.05, 0.1) is 12.2 Å². The highest BCUT2D eigenvalue weighted by Gasteiger charge is 2.10. The van der Waals surface area contributed by atoms with Crippen molar-refractivity contribution in [2.45, 2.75) is 39.5 Å². The van der Waals surface area contributed by atoms with E-state index in [9.17, 15) is 0 Å². The molecular formula is C11H20N4O. The molecule has 0 bridgehead atoms. The zero-order chi connectivity index (χ0) is 11.8. The van der Waals surface area contributed by atoms with Gasteiger partial charge in [0.25, 0.3) is 0 Å². The zero-order valence-electron chi connectivity index (χ0n) is 9.99. The first-order valence-corrected chi connectivity index (χ1v) is 5.76. The zero-order valence-corrected chi connectivity index (χ0v) is 9.99. The van der Waals surface area contributed by atoms with Gasteiger partial charge in [-0.3, -0.25) is 0 Å². The Kier molecular flexibility index (Phi) is 5.56. The predicted molar refractivity (Wildman–Crippen MR) is 64.2 cm³/mol. The molecule has 1 heterocycles. The number of hydrazine groups is 1. The van der Waals surface area contributed by atoms with Crippen LogP contribution in [0.4, 0.5) is 5.82 Å². The molecule has 0 spiro atoms. The summed E-state index contributed by atoms with van der Waals surface area (Å²) in [5, 5.41) is 0. The van der Waals surface area contributed by atoms with Gasteiger partial charge in [-0.2, -0.15) is 0 Å². The van der Waals surface area contributed by atoms with Crippen LogP contribution in [0.3, 0.4) is 0 Å². The Morgan fingerprint density at radius 2 is 2.12 bits per heavy atom. The second-order valence-electron chi connectivity index (χ2n) is 3.60. The van der Waals surface area contributed by atoms with Gasteiger partial charge in [0.15, 0.2) is 0 Å².